The fourth-order valence-corrected chi connectivity index (χ4v) is 9.01. The Morgan fingerprint density at radius 3 is 0.952 bits per heavy atom. The van der Waals surface area contributed by atoms with Crippen molar-refractivity contribution in [3.8, 4) is 0 Å². The minimum absolute atomic E-state index is 0.0174. The molecule has 1 N–H and O–H groups in total. The number of ether oxygens (including phenoxy) is 2. The molecule has 0 aromatic rings. The van der Waals surface area contributed by atoms with Crippen LogP contribution < -0.4 is 0 Å². The van der Waals surface area contributed by atoms with Crippen LogP contribution in [0.1, 0.15) is 232 Å². The van der Waals surface area contributed by atoms with E-state index >= 15 is 0 Å². The molecule has 0 saturated heterocycles. The zero-order chi connectivity index (χ0) is 61.2. The topological polar surface area (TPSA) is 108 Å². The van der Waals surface area contributed by atoms with Gasteiger partial charge in [-0.2, -0.15) is 0 Å². The van der Waals surface area contributed by atoms with Gasteiger partial charge in [-0.1, -0.05) is 261 Å². The van der Waals surface area contributed by atoms with Crippen molar-refractivity contribution >= 4 is 19.8 Å². The predicted octanol–water partition coefficient (Wildman–Crippen LogP) is 21.4. The number of quaternary nitrogens is 1. The molecule has 0 fully saturated rings. The molecule has 0 rings (SSSR count). The lowest BCUT2D eigenvalue weighted by atomic mass is 10.0. The van der Waals surface area contributed by atoms with Crippen molar-refractivity contribution in [3.63, 3.8) is 0 Å². The van der Waals surface area contributed by atoms with Crippen molar-refractivity contribution in [2.45, 2.75) is 238 Å². The molecule has 0 spiro atoms. The van der Waals surface area contributed by atoms with E-state index in [-0.39, 0.29) is 32.0 Å². The van der Waals surface area contributed by atoms with Gasteiger partial charge in [-0.05, 0) is 128 Å². The van der Waals surface area contributed by atoms with Gasteiger partial charge in [0.15, 0.2) is 6.10 Å². The first-order chi connectivity index (χ1) is 41.0. The largest absolute Gasteiger partial charge is 0.472 e. The van der Waals surface area contributed by atoms with Gasteiger partial charge in [0.1, 0.15) is 19.8 Å². The van der Waals surface area contributed by atoms with Crippen LogP contribution in [0.15, 0.2) is 170 Å². The van der Waals surface area contributed by atoms with E-state index in [0.717, 1.165) is 154 Å². The first kappa shape index (κ1) is 79.4. The molecule has 0 aliphatic heterocycles. The fraction of sp³-hybridized carbons (Fsp3) is 0.595. The Kier molecular flexibility index (Phi) is 59.4. The lowest BCUT2D eigenvalue weighted by molar-refractivity contribution is -0.870. The Labute approximate surface area is 515 Å². The predicted molar refractivity (Wildman–Crippen MR) is 362 cm³/mol. The van der Waals surface area contributed by atoms with Crippen LogP contribution in [0.5, 0.6) is 0 Å². The average Bonchev–Trinajstić information content (AvgIpc) is 3.61. The van der Waals surface area contributed by atoms with Gasteiger partial charge in [0, 0.05) is 12.8 Å². The monoisotopic (exact) mass is 1180 g/mol. The van der Waals surface area contributed by atoms with Crippen LogP contribution in [0, 0.1) is 0 Å². The number of carbonyl (C=O) groups excluding carboxylic acids is 2. The number of hydrogen-bond acceptors (Lipinski definition) is 7. The third-order valence-corrected chi connectivity index (χ3v) is 14.2. The molecule has 0 aliphatic rings. The smallest absolute Gasteiger partial charge is 0.462 e. The molecule has 0 heterocycles. The SMILES string of the molecule is CC/C=C\C/C=C\C/C=C\C/C=C\C/C=C\C/C=C\C/C=C\C/C=C\C/C=C\CCCCCCCC(=O)OC(COC(=O)CCCCCCCCCCCCC/C=C\C/C=C\C/C=C\C/C=C\C/C=C\CC)COP(=O)(O)OCC[N+](C)(C)C. The second-order valence-corrected chi connectivity index (χ2v) is 23.8. The molecule has 0 bridgehead atoms. The van der Waals surface area contributed by atoms with E-state index < -0.39 is 26.5 Å². The van der Waals surface area contributed by atoms with Gasteiger partial charge in [-0.3, -0.25) is 18.6 Å². The van der Waals surface area contributed by atoms with E-state index in [4.69, 9.17) is 18.5 Å². The maximum Gasteiger partial charge on any atom is 0.472 e. The molecule has 474 valence electrons. The summed E-state index contributed by atoms with van der Waals surface area (Å²) in [4.78, 5) is 35.8. The second kappa shape index (κ2) is 62.9. The summed E-state index contributed by atoms with van der Waals surface area (Å²) in [7, 11) is 1.44. The summed E-state index contributed by atoms with van der Waals surface area (Å²) >= 11 is 0. The number of carbonyl (C=O) groups is 2. The van der Waals surface area contributed by atoms with Gasteiger partial charge in [0.05, 0.1) is 27.7 Å². The highest BCUT2D eigenvalue weighted by Gasteiger charge is 2.27. The van der Waals surface area contributed by atoms with Crippen molar-refractivity contribution in [2.75, 3.05) is 47.5 Å². The van der Waals surface area contributed by atoms with Crippen LogP contribution in [0.4, 0.5) is 0 Å². The highest BCUT2D eigenvalue weighted by Crippen LogP contribution is 2.43. The van der Waals surface area contributed by atoms with Crippen LogP contribution in [0.2, 0.25) is 0 Å². The van der Waals surface area contributed by atoms with Crippen LogP contribution in [0.3, 0.4) is 0 Å². The van der Waals surface area contributed by atoms with Gasteiger partial charge in [-0.15, -0.1) is 0 Å². The number of nitrogens with zero attached hydrogens (tertiary/aromatic N) is 1. The van der Waals surface area contributed by atoms with E-state index in [2.05, 4.69) is 184 Å². The normalized spacial score (nSPS) is 14.3. The Hall–Kier alpha value is -4.63. The van der Waals surface area contributed by atoms with Crippen molar-refractivity contribution in [1.82, 2.24) is 0 Å². The fourth-order valence-electron chi connectivity index (χ4n) is 8.27. The molecular weight excluding hydrogens is 1060 g/mol. The first-order valence-corrected chi connectivity index (χ1v) is 34.4. The summed E-state index contributed by atoms with van der Waals surface area (Å²) < 4.78 is 34.6. The molecule has 2 atom stereocenters. The zero-order valence-corrected chi connectivity index (χ0v) is 54.7. The summed E-state index contributed by atoms with van der Waals surface area (Å²) in [5.74, 6) is -0.835. The van der Waals surface area contributed by atoms with E-state index in [9.17, 15) is 19.0 Å². The van der Waals surface area contributed by atoms with E-state index in [1.54, 1.807) is 0 Å². The molecule has 9 nitrogen and oxygen atoms in total. The molecule has 0 aromatic heterocycles. The van der Waals surface area contributed by atoms with Crippen LogP contribution in [-0.4, -0.2) is 74.9 Å². The standard InChI is InChI=1S/C74H120NO8P/c1-6-8-10-12-14-16-18-20-22-24-26-28-30-32-34-35-36-37-38-39-41-43-45-47-49-51-53-55-57-59-61-63-65-67-74(77)83-72(71-82-84(78,79)81-69-68-75(3,4)5)70-80-73(76)66-64-62-60-58-56-54-52-50-48-46-44-42-40-33-31-29-27-25-23-21-19-17-15-13-11-9-7-2/h8-11,14-17,20-23,26-29,32-34,36-37,39-41,45,47,51,53,72H,6-7,12-13,18-19,24-25,30-31,35,38,42-44,46,48-50,52,54-71H2,1-5H3/p+1/b10-8-,11-9-,16-14-,17-15-,22-20-,23-21-,28-26-,29-27-,34-32-,37-36-,40-33-,41-39-,47-45-,53-51-. The number of unbranched alkanes of at least 4 members (excludes halogenated alkanes) is 16. The molecule has 2 unspecified atom stereocenters. The summed E-state index contributed by atoms with van der Waals surface area (Å²) in [5, 5.41) is 0. The van der Waals surface area contributed by atoms with Crippen LogP contribution in [0.25, 0.3) is 0 Å². The third kappa shape index (κ3) is 66.5. The summed E-state index contributed by atoms with van der Waals surface area (Å²) in [5.41, 5.74) is 0. The Morgan fingerprint density at radius 1 is 0.369 bits per heavy atom. The van der Waals surface area contributed by atoms with Gasteiger partial charge >= 0.3 is 19.8 Å². The molecule has 0 aliphatic carbocycles. The molecule has 0 radical (unpaired) electrons. The summed E-state index contributed by atoms with van der Waals surface area (Å²) in [6.45, 7) is 4.16. The molecule has 0 saturated carbocycles. The van der Waals surface area contributed by atoms with Gasteiger partial charge in [0.25, 0.3) is 0 Å². The average molecular weight is 1180 g/mol. The molecule has 84 heavy (non-hydrogen) atoms. The summed E-state index contributed by atoms with van der Waals surface area (Å²) in [6.07, 6.45) is 95.7. The number of allylic oxidation sites excluding steroid dienone is 28. The number of hydrogen-bond donors (Lipinski definition) is 1. The lowest BCUT2D eigenvalue weighted by Gasteiger charge is -2.24. The quantitative estimate of drug-likeness (QED) is 0.0211. The van der Waals surface area contributed by atoms with Gasteiger partial charge in [-0.25, -0.2) is 4.57 Å². The third-order valence-electron chi connectivity index (χ3n) is 13.2. The number of phosphoric ester groups is 1. The van der Waals surface area contributed by atoms with E-state index in [0.29, 0.717) is 17.4 Å². The maximum atomic E-state index is 12.9. The maximum absolute atomic E-state index is 12.9. The van der Waals surface area contributed by atoms with E-state index in [1.165, 1.54) is 44.9 Å². The number of esters is 2. The van der Waals surface area contributed by atoms with E-state index in [1.807, 2.05) is 21.1 Å². The first-order valence-electron chi connectivity index (χ1n) is 32.9. The highest BCUT2D eigenvalue weighted by atomic mass is 31.2. The molecule has 10 heteroatoms. The molecular formula is C74H121NO8P+. The van der Waals surface area contributed by atoms with Crippen LogP contribution in [-0.2, 0) is 32.7 Å². The minimum atomic E-state index is -4.41. The number of rotatable bonds is 58. The second-order valence-electron chi connectivity index (χ2n) is 22.4. The van der Waals surface area contributed by atoms with Crippen molar-refractivity contribution < 1.29 is 42.1 Å². The van der Waals surface area contributed by atoms with Gasteiger partial charge in [0.2, 0.25) is 0 Å². The van der Waals surface area contributed by atoms with Crippen molar-refractivity contribution in [1.29, 1.82) is 0 Å². The Balaban J connectivity index is 4.22. The Morgan fingerprint density at radius 2 is 0.643 bits per heavy atom. The van der Waals surface area contributed by atoms with Crippen LogP contribution >= 0.6 is 7.82 Å². The van der Waals surface area contributed by atoms with Gasteiger partial charge < -0.3 is 18.9 Å². The zero-order valence-electron chi connectivity index (χ0n) is 53.8. The molecule has 0 amide bonds. The highest BCUT2D eigenvalue weighted by molar-refractivity contribution is 7.47. The Bertz CT molecular complexity index is 2020. The van der Waals surface area contributed by atoms with Crippen molar-refractivity contribution in [2.24, 2.45) is 0 Å². The molecule has 0 aromatic carbocycles. The summed E-state index contributed by atoms with van der Waals surface area (Å²) in [6, 6.07) is 0. The lowest BCUT2D eigenvalue weighted by Crippen LogP contribution is -2.37. The van der Waals surface area contributed by atoms with Crippen molar-refractivity contribution in [3.05, 3.63) is 170 Å². The minimum Gasteiger partial charge on any atom is -0.462 e. The number of phosphoric acid groups is 1. The number of likely N-dealkylation sites (N-methyl/N-ethyl adjacent to an activating group) is 1.